The summed E-state index contributed by atoms with van der Waals surface area (Å²) >= 11 is -5.95. The Morgan fingerprint density at radius 2 is 1.63 bits per heavy atom. The maximum atomic E-state index is 13.8. The molecule has 7 heteroatoms. The second kappa shape index (κ2) is 5.19. The average molecular weight is 527 g/mol. The minimum absolute atomic E-state index is 0. The maximum absolute atomic E-state index is 13.8. The van der Waals surface area contributed by atoms with Crippen molar-refractivity contribution in [2.24, 2.45) is 0 Å². The number of rotatable bonds is 4. The summed E-state index contributed by atoms with van der Waals surface area (Å²) in [7, 11) is 0. The van der Waals surface area contributed by atoms with Gasteiger partial charge in [-0.2, -0.15) is 0 Å². The molecule has 0 aliphatic heterocycles. The fourth-order valence-corrected chi connectivity index (χ4v) is 52.2. The molecule has 152 valence electrons. The van der Waals surface area contributed by atoms with E-state index in [9.17, 15) is 9.13 Å². The van der Waals surface area contributed by atoms with Gasteiger partial charge in [0, 0.05) is 0 Å². The third-order valence-electron chi connectivity index (χ3n) is 10.3. The molecule has 0 radical (unpaired) electrons. The zero-order valence-corrected chi connectivity index (χ0v) is 23.3. The molecule has 0 heterocycles. The molecule has 2 aliphatic carbocycles. The van der Waals surface area contributed by atoms with Crippen molar-refractivity contribution >= 4 is 41.8 Å². The second-order valence-corrected chi connectivity index (χ2v) is 107. The van der Waals surface area contributed by atoms with Crippen molar-refractivity contribution in [3.63, 3.8) is 0 Å². The Bertz CT molecular complexity index is 1030. The van der Waals surface area contributed by atoms with E-state index in [2.05, 4.69) is 74.1 Å². The third-order valence-corrected chi connectivity index (χ3v) is 121. The Morgan fingerprint density at radius 1 is 1.04 bits per heavy atom. The fourth-order valence-electron chi connectivity index (χ4n) is 5.50. The summed E-state index contributed by atoms with van der Waals surface area (Å²) in [4.78, 5) is -2.68. The van der Waals surface area contributed by atoms with Crippen LogP contribution in [0.2, 0.25) is 31.6 Å². The zero-order valence-electron chi connectivity index (χ0n) is 17.1. The molecule has 0 saturated carbocycles. The van der Waals surface area contributed by atoms with Crippen LogP contribution in [0.4, 0.5) is 0 Å². The van der Waals surface area contributed by atoms with Crippen molar-refractivity contribution in [3.8, 4) is 0 Å². The number of fused-ring (bicyclic) bond motifs is 1. The van der Waals surface area contributed by atoms with Crippen molar-refractivity contribution in [3.05, 3.63) is 63.0 Å². The van der Waals surface area contributed by atoms with E-state index in [1.165, 1.54) is 14.4 Å². The van der Waals surface area contributed by atoms with Crippen LogP contribution in [0.5, 0.6) is 0 Å². The van der Waals surface area contributed by atoms with E-state index < -0.39 is 23.8 Å². The van der Waals surface area contributed by atoms with Gasteiger partial charge in [0.25, 0.3) is 0 Å². The number of benzene rings is 1. The van der Waals surface area contributed by atoms with Gasteiger partial charge in [0.1, 0.15) is 0 Å². The first-order valence-corrected chi connectivity index (χ1v) is 33.5. The molecule has 1 atom stereocenters. The standard InChI is InChI=1S/C9H7.C5H5.C2H7Si.4CH3.2ClH.O2P.Zr/c1-2-5-9-7-3-6-8(9)4-1;1-2-4-5-3-1;1-3-2;;;;;;;1-3-2;/h1-7H;1-3H,4H2;3H,1-2H3;4*1H3;2*1H;;. The summed E-state index contributed by atoms with van der Waals surface area (Å²) in [6.45, 7) is 4.54. The minimum atomic E-state index is -5.95. The largest absolute Gasteiger partial charge is 0.147 e. The molecule has 0 aromatic heterocycles. The van der Waals surface area contributed by atoms with E-state index in [1.807, 2.05) is 12.1 Å². The van der Waals surface area contributed by atoms with Gasteiger partial charge < -0.3 is 0 Å². The molecule has 0 N–H and O–H groups in total. The van der Waals surface area contributed by atoms with Crippen LogP contribution < -0.4 is 0 Å². The topological polar surface area (TPSA) is 34.1 Å². The molecule has 0 bridgehead atoms. The van der Waals surface area contributed by atoms with Gasteiger partial charge in [-0.25, -0.2) is 0 Å². The Hall–Kier alpha value is 0.0200. The Morgan fingerprint density at radius 3 is 2.11 bits per heavy atom. The van der Waals surface area contributed by atoms with Crippen LogP contribution in [0.3, 0.4) is 0 Å². The molecular weight excluding hydrogens is 493 g/mol. The van der Waals surface area contributed by atoms with Gasteiger partial charge in [-0.15, -0.1) is 24.8 Å². The Balaban J connectivity index is 0.00000182. The van der Waals surface area contributed by atoms with Crippen LogP contribution in [-0.2, 0) is 22.0 Å². The smallest absolute Gasteiger partial charge is 0.147 e. The van der Waals surface area contributed by atoms with Crippen molar-refractivity contribution < 1.29 is 22.0 Å². The van der Waals surface area contributed by atoms with Gasteiger partial charge in [-0.3, -0.25) is 0 Å². The van der Waals surface area contributed by atoms with Crippen LogP contribution in [0.15, 0.2) is 51.9 Å². The van der Waals surface area contributed by atoms with E-state index in [0.717, 1.165) is 6.42 Å². The predicted molar refractivity (Wildman–Crippen MR) is 125 cm³/mol. The average Bonchev–Trinajstić information content (AvgIpc) is 3.18. The van der Waals surface area contributed by atoms with Crippen molar-refractivity contribution in [1.82, 2.24) is 0 Å². The first kappa shape index (κ1) is 25.1. The Labute approximate surface area is 167 Å². The van der Waals surface area contributed by atoms with Gasteiger partial charge in [0.05, 0.1) is 0 Å². The Kier molecular flexibility index (Phi) is 4.82. The summed E-state index contributed by atoms with van der Waals surface area (Å²) < 4.78 is 37.6. The molecule has 27 heavy (non-hydrogen) atoms. The van der Waals surface area contributed by atoms with Crippen molar-refractivity contribution in [2.75, 3.05) is 0 Å². The number of halogens is 2. The van der Waals surface area contributed by atoms with Gasteiger partial charge >= 0.3 is 144 Å². The van der Waals surface area contributed by atoms with Crippen LogP contribution in [0.1, 0.15) is 21.2 Å². The molecule has 2 nitrogen and oxygen atoms in total. The van der Waals surface area contributed by atoms with Gasteiger partial charge in [-0.05, 0) is 0 Å². The SMILES string of the molecule is C[SiH](C)[Zr]([CH3])([CH3])([CH3])([CH3])([C]1=CC=CC1)([CH]1C=Cc2ccccc21)[P](=O)=O.Cl.Cl. The van der Waals surface area contributed by atoms with E-state index >= 15 is 0 Å². The van der Waals surface area contributed by atoms with Gasteiger partial charge in [0.15, 0.2) is 0 Å². The molecule has 3 rings (SSSR count). The third kappa shape index (κ3) is 2.18. The fraction of sp³-hybridized carbons (Fsp3) is 0.400. The summed E-state index contributed by atoms with van der Waals surface area (Å²) in [6, 6.07) is 8.33. The molecule has 1 aromatic rings. The number of allylic oxidation sites excluding steroid dienone is 5. The number of hydrogen-bond donors (Lipinski definition) is 0. The van der Waals surface area contributed by atoms with Crippen molar-refractivity contribution in [1.29, 1.82) is 0 Å². The van der Waals surface area contributed by atoms with Crippen LogP contribution in [0.25, 0.3) is 6.08 Å². The van der Waals surface area contributed by atoms with Crippen molar-refractivity contribution in [2.45, 2.75) is 41.7 Å². The zero-order chi connectivity index (χ0) is 18.9. The predicted octanol–water partition coefficient (Wildman–Crippen LogP) is 8.00. The number of hydrogen-bond acceptors (Lipinski definition) is 2. The molecule has 0 fully saturated rings. The summed E-state index contributed by atoms with van der Waals surface area (Å²) in [5.74, 6) is -1.78. The quantitative estimate of drug-likeness (QED) is 0.294. The molecule has 0 amide bonds. The first-order valence-electron chi connectivity index (χ1n) is 9.36. The van der Waals surface area contributed by atoms with E-state index in [4.69, 9.17) is 0 Å². The normalized spacial score (nSPS) is 23.7. The molecule has 0 spiro atoms. The first-order chi connectivity index (χ1) is 11.2. The summed E-state index contributed by atoms with van der Waals surface area (Å²) in [6.07, 6.45) is 11.4. The van der Waals surface area contributed by atoms with Crippen LogP contribution in [0, 0.1) is 0 Å². The summed E-state index contributed by atoms with van der Waals surface area (Å²) in [5.41, 5.74) is 2.36. The minimum Gasteiger partial charge on any atom is -0.147 e. The van der Waals surface area contributed by atoms with E-state index in [1.54, 1.807) is 0 Å². The maximum Gasteiger partial charge on any atom is -0.147 e. The van der Waals surface area contributed by atoms with Crippen LogP contribution >= 0.6 is 29.8 Å². The van der Waals surface area contributed by atoms with E-state index in [0.29, 0.717) is 0 Å². The van der Waals surface area contributed by atoms with E-state index in [-0.39, 0.29) is 28.4 Å². The van der Waals surface area contributed by atoms with Gasteiger partial charge in [0.2, 0.25) is 0 Å². The second-order valence-electron chi connectivity index (χ2n) is 13.2. The van der Waals surface area contributed by atoms with Crippen LogP contribution in [-0.4, -0.2) is 5.92 Å². The molecular formula is C20H33Cl2O2PSiZr. The van der Waals surface area contributed by atoms with Gasteiger partial charge in [-0.1, -0.05) is 0 Å². The molecule has 1 aromatic carbocycles. The summed E-state index contributed by atoms with van der Waals surface area (Å²) in [5, 5.41) is 0. The monoisotopic (exact) mass is 524 g/mol. The molecule has 1 unspecified atom stereocenters. The molecule has 2 aliphatic rings. The molecule has 0 saturated heterocycles.